The van der Waals surface area contributed by atoms with Crippen molar-refractivity contribution in [1.82, 2.24) is 19.9 Å². The second-order valence-corrected chi connectivity index (χ2v) is 14.7. The van der Waals surface area contributed by atoms with Crippen LogP contribution < -0.4 is 0 Å². The molecule has 260 valence electrons. The fourth-order valence-electron chi connectivity index (χ4n) is 8.41. The van der Waals surface area contributed by atoms with Crippen molar-refractivity contribution in [2.24, 2.45) is 0 Å². The van der Waals surface area contributed by atoms with Crippen LogP contribution in [0.1, 0.15) is 25.0 Å². The first-order valence-corrected chi connectivity index (χ1v) is 18.4. The minimum atomic E-state index is -0.275. The zero-order valence-corrected chi connectivity index (χ0v) is 30.1. The van der Waals surface area contributed by atoms with E-state index in [1.54, 1.807) is 6.39 Å². The summed E-state index contributed by atoms with van der Waals surface area (Å²) in [5.41, 5.74) is 15.2. The lowest BCUT2D eigenvalue weighted by Gasteiger charge is -2.22. The van der Waals surface area contributed by atoms with Crippen molar-refractivity contribution in [2.75, 3.05) is 0 Å². The van der Waals surface area contributed by atoms with Gasteiger partial charge in [-0.3, -0.25) is 0 Å². The first-order valence-electron chi connectivity index (χ1n) is 18.4. The van der Waals surface area contributed by atoms with Crippen LogP contribution in [0.25, 0.3) is 101 Å². The highest BCUT2D eigenvalue weighted by molar-refractivity contribution is 6.14. The predicted octanol–water partition coefficient (Wildman–Crippen LogP) is 12.6. The van der Waals surface area contributed by atoms with Gasteiger partial charge in [0, 0.05) is 32.9 Å². The number of benzene rings is 7. The second kappa shape index (κ2) is 11.9. The van der Waals surface area contributed by atoms with Crippen molar-refractivity contribution in [3.05, 3.63) is 169 Å². The molecule has 0 bridgehead atoms. The van der Waals surface area contributed by atoms with E-state index in [0.29, 0.717) is 17.5 Å². The van der Waals surface area contributed by atoms with Crippen molar-refractivity contribution in [3.63, 3.8) is 0 Å². The zero-order valence-electron chi connectivity index (χ0n) is 30.1. The Kier molecular flexibility index (Phi) is 6.79. The van der Waals surface area contributed by atoms with Crippen LogP contribution in [0.5, 0.6) is 0 Å². The molecule has 0 N–H and O–H groups in total. The average Bonchev–Trinajstić information content (AvgIpc) is 3.93. The Balaban J connectivity index is 1.08. The summed E-state index contributed by atoms with van der Waals surface area (Å²) in [5, 5.41) is 2.19. The van der Waals surface area contributed by atoms with E-state index in [0.717, 1.165) is 72.0 Å². The minimum Gasteiger partial charge on any atom is -0.456 e. The molecular formula is C49H32N4O2. The Labute approximate surface area is 316 Å². The Morgan fingerprint density at radius 1 is 0.455 bits per heavy atom. The summed E-state index contributed by atoms with van der Waals surface area (Å²) in [6, 6.07) is 52.4. The number of para-hydroxylation sites is 1. The molecule has 0 atom stereocenters. The van der Waals surface area contributed by atoms with E-state index in [1.165, 1.54) is 22.3 Å². The number of fused-ring (bicyclic) bond motifs is 8. The first-order chi connectivity index (χ1) is 27.0. The molecule has 0 saturated carbocycles. The third kappa shape index (κ3) is 4.95. The highest BCUT2D eigenvalue weighted by atomic mass is 16.3. The molecule has 0 saturated heterocycles. The lowest BCUT2D eigenvalue weighted by atomic mass is 9.80. The van der Waals surface area contributed by atoms with E-state index < -0.39 is 0 Å². The van der Waals surface area contributed by atoms with Crippen molar-refractivity contribution in [3.8, 4) is 67.5 Å². The third-order valence-corrected chi connectivity index (χ3v) is 11.1. The van der Waals surface area contributed by atoms with Gasteiger partial charge >= 0.3 is 0 Å². The second-order valence-electron chi connectivity index (χ2n) is 14.7. The van der Waals surface area contributed by atoms with Gasteiger partial charge in [0.1, 0.15) is 16.7 Å². The quantitative estimate of drug-likeness (QED) is 0.177. The molecule has 7 aromatic carbocycles. The van der Waals surface area contributed by atoms with Crippen LogP contribution in [0.15, 0.2) is 167 Å². The Bertz CT molecular complexity index is 3070. The number of aromatic nitrogens is 4. The number of hydrogen-bond acceptors (Lipinski definition) is 6. The fourth-order valence-corrected chi connectivity index (χ4v) is 8.41. The Morgan fingerprint density at radius 2 is 1.11 bits per heavy atom. The largest absolute Gasteiger partial charge is 0.456 e. The summed E-state index contributed by atoms with van der Waals surface area (Å²) in [6.45, 7) is 4.57. The van der Waals surface area contributed by atoms with Gasteiger partial charge in [0.15, 0.2) is 29.4 Å². The summed E-state index contributed by atoms with van der Waals surface area (Å²) < 4.78 is 12.3. The van der Waals surface area contributed by atoms with Gasteiger partial charge in [-0.15, -0.1) is 0 Å². The zero-order chi connectivity index (χ0) is 36.7. The van der Waals surface area contributed by atoms with Gasteiger partial charge in [-0.25, -0.2) is 19.9 Å². The maximum atomic E-state index is 6.59. The molecule has 0 unspecified atom stereocenters. The molecule has 3 aromatic heterocycles. The molecule has 0 radical (unpaired) electrons. The summed E-state index contributed by atoms with van der Waals surface area (Å²) in [4.78, 5) is 19.6. The monoisotopic (exact) mass is 708 g/mol. The molecule has 0 amide bonds. The molecule has 10 aromatic rings. The Morgan fingerprint density at radius 3 is 1.87 bits per heavy atom. The number of furan rings is 1. The van der Waals surface area contributed by atoms with Crippen molar-refractivity contribution < 1.29 is 8.83 Å². The highest BCUT2D eigenvalue weighted by Gasteiger charge is 2.38. The predicted molar refractivity (Wildman–Crippen MR) is 219 cm³/mol. The van der Waals surface area contributed by atoms with Gasteiger partial charge < -0.3 is 8.83 Å². The van der Waals surface area contributed by atoms with Crippen LogP contribution in [0.4, 0.5) is 0 Å². The van der Waals surface area contributed by atoms with E-state index in [9.17, 15) is 0 Å². The van der Waals surface area contributed by atoms with E-state index in [2.05, 4.69) is 91.6 Å². The van der Waals surface area contributed by atoms with Crippen molar-refractivity contribution in [1.29, 1.82) is 0 Å². The average molecular weight is 709 g/mol. The summed E-state index contributed by atoms with van der Waals surface area (Å²) in [7, 11) is 0. The lowest BCUT2D eigenvalue weighted by Crippen LogP contribution is -2.15. The van der Waals surface area contributed by atoms with E-state index in [4.69, 9.17) is 23.8 Å². The number of nitrogens with zero attached hydrogens (tertiary/aromatic N) is 4. The van der Waals surface area contributed by atoms with Gasteiger partial charge in [0.05, 0.1) is 0 Å². The SMILES string of the molecule is CC1(C)c2cc(-c3cc(-c4cccc(-c5nc(-c6ccccc6)nc(-c6ccccc6)n5)c4)cc4oc5ccccc5c34)ccc2-c2ccc3ocnc3c21. The summed E-state index contributed by atoms with van der Waals surface area (Å²) >= 11 is 0. The van der Waals surface area contributed by atoms with E-state index in [-0.39, 0.29) is 5.41 Å². The van der Waals surface area contributed by atoms with Crippen LogP contribution in [0.2, 0.25) is 0 Å². The normalized spacial score (nSPS) is 13.1. The van der Waals surface area contributed by atoms with Crippen molar-refractivity contribution in [2.45, 2.75) is 19.3 Å². The Hall–Kier alpha value is -7.18. The van der Waals surface area contributed by atoms with Crippen molar-refractivity contribution >= 4 is 33.0 Å². The molecule has 1 aliphatic carbocycles. The van der Waals surface area contributed by atoms with Crippen LogP contribution in [0, 0.1) is 0 Å². The van der Waals surface area contributed by atoms with Gasteiger partial charge in [-0.1, -0.05) is 129 Å². The first kappa shape index (κ1) is 31.4. The van der Waals surface area contributed by atoms with Gasteiger partial charge in [0.2, 0.25) is 0 Å². The molecule has 55 heavy (non-hydrogen) atoms. The molecule has 0 fully saturated rings. The standard InChI is InChI=1S/C49H32N4O2/c1-49(2)39-26-32(20-21-35(39)36-22-23-41-45(44(36)49)50-28-54-41)38-25-34(27-42-43(38)37-18-9-10-19-40(37)55-42)31-16-11-17-33(24-31)48-52-46(29-12-5-3-6-13-29)51-47(53-48)30-14-7-4-8-15-30/h3-28H,1-2H3. The molecule has 0 aliphatic heterocycles. The molecule has 11 rings (SSSR count). The fraction of sp³-hybridized carbons (Fsp3) is 0.0612. The highest BCUT2D eigenvalue weighted by Crippen LogP contribution is 2.52. The van der Waals surface area contributed by atoms with Gasteiger partial charge in [-0.05, 0) is 80.9 Å². The summed E-state index contributed by atoms with van der Waals surface area (Å²) in [6.07, 6.45) is 1.54. The minimum absolute atomic E-state index is 0.275. The molecular weight excluding hydrogens is 677 g/mol. The van der Waals surface area contributed by atoms with Gasteiger partial charge in [-0.2, -0.15) is 0 Å². The van der Waals surface area contributed by atoms with E-state index in [1.807, 2.05) is 78.9 Å². The summed E-state index contributed by atoms with van der Waals surface area (Å²) in [5.74, 6) is 1.87. The number of rotatable bonds is 5. The van der Waals surface area contributed by atoms with Crippen LogP contribution in [-0.4, -0.2) is 19.9 Å². The number of oxazole rings is 1. The number of hydrogen-bond donors (Lipinski definition) is 0. The smallest absolute Gasteiger partial charge is 0.181 e. The van der Waals surface area contributed by atoms with Gasteiger partial charge in [0.25, 0.3) is 0 Å². The molecule has 6 nitrogen and oxygen atoms in total. The molecule has 1 aliphatic rings. The molecule has 6 heteroatoms. The lowest BCUT2D eigenvalue weighted by molar-refractivity contribution is 0.602. The maximum absolute atomic E-state index is 6.59. The van der Waals surface area contributed by atoms with Crippen LogP contribution >= 0.6 is 0 Å². The van der Waals surface area contributed by atoms with Crippen LogP contribution in [-0.2, 0) is 5.41 Å². The maximum Gasteiger partial charge on any atom is 0.181 e. The van der Waals surface area contributed by atoms with E-state index >= 15 is 0 Å². The third-order valence-electron chi connectivity index (χ3n) is 11.1. The van der Waals surface area contributed by atoms with Crippen LogP contribution in [0.3, 0.4) is 0 Å². The molecule has 0 spiro atoms. The molecule has 3 heterocycles. The topological polar surface area (TPSA) is 77.8 Å².